The summed E-state index contributed by atoms with van der Waals surface area (Å²) in [7, 11) is 3.04. The van der Waals surface area contributed by atoms with Crippen molar-refractivity contribution in [2.75, 3.05) is 117 Å². The lowest BCUT2D eigenvalue weighted by Gasteiger charge is -2.39. The van der Waals surface area contributed by atoms with Crippen molar-refractivity contribution in [3.63, 3.8) is 0 Å². The van der Waals surface area contributed by atoms with Crippen molar-refractivity contribution in [1.29, 1.82) is 0 Å². The van der Waals surface area contributed by atoms with Gasteiger partial charge in [0.2, 0.25) is 17.8 Å². The molecule has 3 aromatic carbocycles. The molecule has 618 valence electrons. The molecule has 7 N–H and O–H groups in total. The number of ether oxygens (including phenoxy) is 2. The Morgan fingerprint density at radius 3 is 0.966 bits per heavy atom. The molecule has 0 bridgehead atoms. The number of Topliss-reactive ketones (excluding diaryl/α,β-unsaturated/α-hetero) is 1. The topological polar surface area (TPSA) is 399 Å². The van der Waals surface area contributed by atoms with Crippen molar-refractivity contribution in [3.8, 4) is 33.4 Å². The van der Waals surface area contributed by atoms with Crippen molar-refractivity contribution < 1.29 is 57.8 Å². The number of benzene rings is 3. The van der Waals surface area contributed by atoms with Crippen molar-refractivity contribution in [3.05, 3.63) is 90.3 Å². The fourth-order valence-corrected chi connectivity index (χ4v) is 17.2. The van der Waals surface area contributed by atoms with Gasteiger partial charge in [-0.25, -0.2) is 59.2 Å². The van der Waals surface area contributed by atoms with Gasteiger partial charge in [-0.2, -0.15) is 0 Å². The fraction of sp³-hybridized carbons (Fsp3) is 0.481. The number of amides is 6. The first-order valence-electron chi connectivity index (χ1n) is 39.6. The van der Waals surface area contributed by atoms with E-state index in [1.807, 2.05) is 117 Å². The van der Waals surface area contributed by atoms with Gasteiger partial charge in [-0.3, -0.25) is 35.1 Å². The molecule has 9 aromatic rings. The zero-order valence-electron chi connectivity index (χ0n) is 68.1. The lowest BCUT2D eigenvalue weighted by Crippen LogP contribution is -2.45. The second-order valence-electron chi connectivity index (χ2n) is 28.0. The molecule has 116 heavy (non-hydrogen) atoms. The number of rotatable bonds is 28. The quantitative estimate of drug-likeness (QED) is 0.0104. The summed E-state index contributed by atoms with van der Waals surface area (Å²) in [6.07, 6.45) is 18.4. The summed E-state index contributed by atoms with van der Waals surface area (Å²) < 4.78 is 13.2. The molecule has 9 heterocycles. The van der Waals surface area contributed by atoms with Crippen LogP contribution in [0, 0.1) is 16.2 Å². The monoisotopic (exact) mass is 1640 g/mol. The van der Waals surface area contributed by atoms with Crippen LogP contribution < -0.4 is 46.6 Å². The van der Waals surface area contributed by atoms with E-state index in [1.54, 1.807) is 37.2 Å². The number of ketones is 1. The average Bonchev–Trinajstić information content (AvgIpc) is 1.22. The van der Waals surface area contributed by atoms with Gasteiger partial charge in [-0.1, -0.05) is 85.9 Å². The number of esters is 2. The van der Waals surface area contributed by atoms with Crippen LogP contribution in [0.5, 0.6) is 0 Å². The Kier molecular flexibility index (Phi) is 30.4. The maximum Gasteiger partial charge on any atom is 0.321 e. The van der Waals surface area contributed by atoms with Crippen molar-refractivity contribution in [2.45, 2.75) is 153 Å². The summed E-state index contributed by atoms with van der Waals surface area (Å²) in [5.41, 5.74) is 9.32. The number of nitrogens with one attached hydrogen (secondary N) is 6. The van der Waals surface area contributed by atoms with E-state index in [0.717, 1.165) is 93.9 Å². The zero-order chi connectivity index (χ0) is 83.3. The van der Waals surface area contributed by atoms with E-state index in [2.05, 4.69) is 96.9 Å². The Labute approximate surface area is 686 Å². The number of aromatic nitrogens is 9. The smallest absolute Gasteiger partial charge is 0.321 e. The van der Waals surface area contributed by atoms with Crippen LogP contribution in [0.15, 0.2) is 83.9 Å². The van der Waals surface area contributed by atoms with Crippen LogP contribution in [0.1, 0.15) is 175 Å². The van der Waals surface area contributed by atoms with Crippen LogP contribution in [-0.4, -0.2) is 190 Å². The van der Waals surface area contributed by atoms with Gasteiger partial charge in [-0.15, -0.1) is 0 Å². The Morgan fingerprint density at radius 2 is 0.707 bits per heavy atom. The van der Waals surface area contributed by atoms with Gasteiger partial charge in [-0.05, 0) is 158 Å². The van der Waals surface area contributed by atoms with Crippen molar-refractivity contribution in [1.82, 2.24) is 60.8 Å². The van der Waals surface area contributed by atoms with Gasteiger partial charge in [0, 0.05) is 136 Å². The summed E-state index contributed by atoms with van der Waals surface area (Å²) >= 11 is 4.05. The molecule has 12 rings (SSSR count). The minimum absolute atomic E-state index is 0.00285. The highest BCUT2D eigenvalue weighted by Crippen LogP contribution is 2.43. The number of urea groups is 3. The molecular formula is C81H104N20O12S3. The summed E-state index contributed by atoms with van der Waals surface area (Å²) in [6, 6.07) is 10.7. The fourth-order valence-electron chi connectivity index (χ4n) is 14.3. The van der Waals surface area contributed by atoms with Crippen LogP contribution in [0.3, 0.4) is 0 Å². The maximum atomic E-state index is 12.8. The molecule has 0 radical (unpaired) electrons. The number of carboxylic acid groups (broad SMARTS) is 1. The van der Waals surface area contributed by atoms with Gasteiger partial charge in [0.05, 0.1) is 71.5 Å². The number of piperidine rings is 3. The van der Waals surface area contributed by atoms with Crippen LogP contribution in [-0.2, 0) is 33.5 Å². The highest BCUT2D eigenvalue weighted by atomic mass is 32.1. The Hall–Kier alpha value is -11.2. The lowest BCUT2D eigenvalue weighted by molar-refractivity contribution is -0.158. The maximum absolute atomic E-state index is 12.8. The number of aliphatic carboxylic acids is 1. The summed E-state index contributed by atoms with van der Waals surface area (Å²) in [5, 5.41) is 36.0. The molecule has 3 fully saturated rings. The highest BCUT2D eigenvalue weighted by Gasteiger charge is 2.44. The third-order valence-electron chi connectivity index (χ3n) is 21.3. The number of carbonyl (C=O) groups is 7. The molecule has 0 atom stereocenters. The zero-order valence-corrected chi connectivity index (χ0v) is 70.6. The molecule has 3 saturated heterocycles. The second-order valence-corrected chi connectivity index (χ2v) is 31.0. The van der Waals surface area contributed by atoms with Gasteiger partial charge in [0.15, 0.2) is 21.2 Å². The van der Waals surface area contributed by atoms with E-state index in [0.29, 0.717) is 181 Å². The molecule has 0 aliphatic carbocycles. The summed E-state index contributed by atoms with van der Waals surface area (Å²) in [4.78, 5) is 144. The van der Waals surface area contributed by atoms with Crippen LogP contribution >= 0.6 is 34.0 Å². The minimum Gasteiger partial charge on any atom is -0.481 e. The molecule has 35 heteroatoms. The number of oxime groups is 2. The molecule has 3 aliphatic rings. The number of hydrogen-bond acceptors (Lipinski definition) is 28. The predicted octanol–water partition coefficient (Wildman–Crippen LogP) is 15.0. The number of anilines is 6. The number of thiazole rings is 3. The van der Waals surface area contributed by atoms with Crippen LogP contribution in [0.2, 0.25) is 0 Å². The average molecular weight is 1650 g/mol. The predicted molar refractivity (Wildman–Crippen MR) is 456 cm³/mol. The van der Waals surface area contributed by atoms with E-state index in [1.165, 1.54) is 48.2 Å². The molecule has 0 saturated carbocycles. The van der Waals surface area contributed by atoms with Crippen LogP contribution in [0.25, 0.3) is 64.0 Å². The number of hydrogen-bond donors (Lipinski definition) is 7. The molecule has 3 aliphatic heterocycles. The van der Waals surface area contributed by atoms with Gasteiger partial charge >= 0.3 is 36.0 Å². The molecule has 6 aromatic heterocycles. The SMILES string of the molecule is CCNC(=O)Nc1nc2cc(-c3cnc(N4CCC(CC)(C(=O)O)CC4)nc3)cc(/C(CC)=N\OC)c2s1.CCNC(=O)Nc1nc2cc(-c3cnc(N4CCC(CC)(C(=O)OCC)CC4)nc3)cc(/C(CC)=N\OC)c2s1.CCNC(=O)Nc1nc2cc(-c3cnc(N4CCC(CC)(C(=O)OCC)CC4)nc3)cc(C(=O)CC)c2s1. The number of carboxylic acids is 1. The molecule has 32 nitrogen and oxygen atoms in total. The third-order valence-corrected chi connectivity index (χ3v) is 24.3. The lowest BCUT2D eigenvalue weighted by atomic mass is 9.76. The molecule has 0 unspecified atom stereocenters. The van der Waals surface area contributed by atoms with Crippen molar-refractivity contribution in [2.24, 2.45) is 26.6 Å². The highest BCUT2D eigenvalue weighted by molar-refractivity contribution is 7.23. The second kappa shape index (κ2) is 40.4. The van der Waals surface area contributed by atoms with Gasteiger partial charge in [0.1, 0.15) is 14.2 Å². The van der Waals surface area contributed by atoms with E-state index in [9.17, 15) is 38.7 Å². The van der Waals surface area contributed by atoms with Crippen molar-refractivity contribution >= 4 is 151 Å². The first-order valence-corrected chi connectivity index (χ1v) is 42.0. The molecule has 0 spiro atoms. The summed E-state index contributed by atoms with van der Waals surface area (Å²) in [6.45, 7) is 27.3. The largest absolute Gasteiger partial charge is 0.481 e. The number of nitrogens with zero attached hydrogens (tertiary/aromatic N) is 14. The first-order chi connectivity index (χ1) is 56.0. The van der Waals surface area contributed by atoms with E-state index >= 15 is 0 Å². The third kappa shape index (κ3) is 20.4. The van der Waals surface area contributed by atoms with E-state index in [4.69, 9.17) is 19.1 Å². The van der Waals surface area contributed by atoms with E-state index in [-0.39, 0.29) is 35.8 Å². The number of carbonyl (C=O) groups excluding carboxylic acids is 6. The minimum atomic E-state index is -0.725. The summed E-state index contributed by atoms with van der Waals surface area (Å²) in [5.74, 6) is 0.884. The number of fused-ring (bicyclic) bond motifs is 3. The Bertz CT molecular complexity index is 4990. The van der Waals surface area contributed by atoms with Gasteiger partial charge < -0.3 is 54.9 Å². The Morgan fingerprint density at radius 1 is 0.414 bits per heavy atom. The molecule has 6 amide bonds. The van der Waals surface area contributed by atoms with Crippen LogP contribution in [0.4, 0.5) is 47.6 Å². The van der Waals surface area contributed by atoms with Gasteiger partial charge in [0.25, 0.3) is 0 Å². The Balaban J connectivity index is 0.000000184. The first kappa shape index (κ1) is 87.2. The standard InChI is InChI=1S/C28H37N7O4S.C27H34N6O4S.C26H33N7O4S/c1-6-21(34-38-5)20-14-18(15-22-23(20)40-27(32-22)33-26(37)29-8-3)19-16-30-25(31-17-19)35-12-10-28(7-2,11-13-35)24(36)39-9-4;1-5-21(34)19-13-17(14-20-22(19)38-26(31-20)32-25(36)28-7-3)18-15-29-24(30-16-18)33-11-9-27(6-2,10-12-33)23(35)37-8-4;1-5-19(32-37-4)18-12-16(13-20-21(18)38-25(30-20)31-24(36)27-7-3)17-14-28-23(29-15-17)33-10-8-26(6-2,9-11-33)22(34)35/h14-17H,6-13H2,1-5H3,(H2,29,32,33,37);13-16H,5-12H2,1-4H3,(H2,28,31,32,36);12-15H,5-11H2,1-4H3,(H,34,35)(H2,27,30,31,36)/b34-21-;;32-19-. The molecular weight excluding hydrogens is 1540 g/mol. The van der Waals surface area contributed by atoms with E-state index < -0.39 is 22.2 Å². The normalized spacial score (nSPS) is 15.1.